The zero-order valence-electron chi connectivity index (χ0n) is 56.8. The van der Waals surface area contributed by atoms with E-state index in [1.54, 1.807) is 53.3 Å². The van der Waals surface area contributed by atoms with E-state index >= 15 is 13.6 Å². The summed E-state index contributed by atoms with van der Waals surface area (Å²) in [5, 5.41) is 13.8. The van der Waals surface area contributed by atoms with Crippen LogP contribution in [-0.2, 0) is 25.7 Å². The standard InChI is InChI=1S/C72H91Cl2F2N15O7/c1-48(2)98-59-36-54(97-5)15-16-55(59)68-82-66(49-7-11-52(73)12-8-49)67(50-9-13-53(74)14-10-50)91(68)69(96)89-34-33-88(65(95)43-89)41-63(93)79-25-32-85-28-19-71(44-85)20-29-86(45-71)40-62(92)78-24-6-23-77-60-38-61(81-47-80-60)87-30-21-72(22-31-87)46-90(42-64(94)83-72)58-37-56(75)51(35-57(58)76)39-84-26-17-70(3,4)18-27-84/h7-16,35-38,47-48,66-67H,6,17-34,39-46H2,1-5H3,(H,78,92)(H,79,93)(H,83,94)(H,77,80,81)/t66-,67+,71+/m0/s1. The maximum Gasteiger partial charge on any atom is 0.326 e. The Morgan fingerprint density at radius 3 is 2.10 bits per heavy atom. The van der Waals surface area contributed by atoms with Gasteiger partial charge in [-0.25, -0.2) is 23.5 Å². The average molecular weight is 1390 g/mol. The molecule has 6 saturated heterocycles. The molecule has 7 aliphatic heterocycles. The number of amides is 6. The van der Waals surface area contributed by atoms with Crippen LogP contribution in [0.25, 0.3) is 0 Å². The van der Waals surface area contributed by atoms with Crippen molar-refractivity contribution in [2.24, 2.45) is 15.8 Å². The van der Waals surface area contributed by atoms with Gasteiger partial charge in [0.05, 0.1) is 55.7 Å². The number of nitrogens with zero attached hydrogens (tertiary/aromatic N) is 11. The second-order valence-electron chi connectivity index (χ2n) is 28.6. The molecule has 4 N–H and O–H groups in total. The molecule has 6 fully saturated rings. The summed E-state index contributed by atoms with van der Waals surface area (Å²) >= 11 is 12.8. The van der Waals surface area contributed by atoms with E-state index in [4.69, 9.17) is 37.7 Å². The highest BCUT2D eigenvalue weighted by atomic mass is 35.5. The van der Waals surface area contributed by atoms with Gasteiger partial charge in [0.1, 0.15) is 59.5 Å². The van der Waals surface area contributed by atoms with Crippen molar-refractivity contribution in [1.29, 1.82) is 0 Å². The molecule has 0 bridgehead atoms. The van der Waals surface area contributed by atoms with E-state index in [0.29, 0.717) is 122 Å². The molecule has 12 rings (SSSR count). The fourth-order valence-corrected chi connectivity index (χ4v) is 15.3. The third kappa shape index (κ3) is 16.7. The van der Waals surface area contributed by atoms with Crippen molar-refractivity contribution < 1.29 is 42.2 Å². The second kappa shape index (κ2) is 30.3. The molecule has 98 heavy (non-hydrogen) atoms. The lowest BCUT2D eigenvalue weighted by Crippen LogP contribution is -2.66. The lowest BCUT2D eigenvalue weighted by atomic mass is 9.82. The minimum absolute atomic E-state index is 0.0180. The number of hydrogen-bond acceptors (Lipinski definition) is 16. The highest BCUT2D eigenvalue weighted by Crippen LogP contribution is 2.47. The lowest BCUT2D eigenvalue weighted by molar-refractivity contribution is -0.139. The quantitative estimate of drug-likeness (QED) is 0.0479. The molecule has 0 aliphatic carbocycles. The van der Waals surface area contributed by atoms with Crippen molar-refractivity contribution in [3.05, 3.63) is 135 Å². The van der Waals surface area contributed by atoms with E-state index < -0.39 is 35.3 Å². The minimum Gasteiger partial charge on any atom is -0.497 e. The Balaban J connectivity index is 0.554. The Kier molecular flexibility index (Phi) is 21.6. The van der Waals surface area contributed by atoms with Gasteiger partial charge in [0.25, 0.3) is 0 Å². The third-order valence-corrected chi connectivity index (χ3v) is 21.0. The van der Waals surface area contributed by atoms with E-state index in [-0.39, 0.29) is 79.0 Å². The molecule has 2 spiro atoms. The Morgan fingerprint density at radius 1 is 0.704 bits per heavy atom. The van der Waals surface area contributed by atoms with Gasteiger partial charge in [0.15, 0.2) is 0 Å². The van der Waals surface area contributed by atoms with Crippen molar-refractivity contribution in [2.75, 3.05) is 147 Å². The van der Waals surface area contributed by atoms with Crippen molar-refractivity contribution in [2.45, 2.75) is 103 Å². The summed E-state index contributed by atoms with van der Waals surface area (Å²) in [6, 6.07) is 22.9. The number of piperazine rings is 2. The number of ether oxygens (including phenoxy) is 2. The summed E-state index contributed by atoms with van der Waals surface area (Å²) in [5.74, 6) is 0.993. The zero-order valence-corrected chi connectivity index (χ0v) is 58.3. The molecule has 6 amide bonds. The van der Waals surface area contributed by atoms with Gasteiger partial charge in [-0.2, -0.15) is 0 Å². The number of aliphatic imine (C=N–C) groups is 1. The summed E-state index contributed by atoms with van der Waals surface area (Å²) in [6.45, 7) is 17.7. The number of aromatic nitrogens is 2. The number of urea groups is 1. The van der Waals surface area contributed by atoms with E-state index in [1.807, 2.05) is 50.2 Å². The van der Waals surface area contributed by atoms with Gasteiger partial charge in [0.2, 0.25) is 23.6 Å². The summed E-state index contributed by atoms with van der Waals surface area (Å²) in [7, 11) is 1.57. The molecule has 22 nitrogen and oxygen atoms in total. The highest BCUT2D eigenvalue weighted by Gasteiger charge is 2.48. The number of hydrogen-bond donors (Lipinski definition) is 4. The molecule has 1 aromatic heterocycles. The Hall–Kier alpha value is -7.90. The van der Waals surface area contributed by atoms with Crippen LogP contribution in [0.4, 0.5) is 30.9 Å². The molecule has 0 saturated carbocycles. The van der Waals surface area contributed by atoms with Gasteiger partial charge < -0.3 is 55.2 Å². The molecule has 0 radical (unpaired) electrons. The van der Waals surface area contributed by atoms with Crippen LogP contribution in [0.1, 0.15) is 107 Å². The lowest BCUT2D eigenvalue weighted by Gasteiger charge is -2.48. The van der Waals surface area contributed by atoms with E-state index in [9.17, 15) is 19.2 Å². The summed E-state index contributed by atoms with van der Waals surface area (Å²) in [6.07, 6.45) is 7.19. The van der Waals surface area contributed by atoms with Crippen molar-refractivity contribution in [1.82, 2.24) is 55.3 Å². The van der Waals surface area contributed by atoms with Gasteiger partial charge in [0, 0.05) is 112 Å². The summed E-state index contributed by atoms with van der Waals surface area (Å²) in [4.78, 5) is 98.6. The molecular formula is C72H91Cl2F2N15O7. The van der Waals surface area contributed by atoms with Crippen LogP contribution in [0.5, 0.6) is 11.5 Å². The first-order valence-corrected chi connectivity index (χ1v) is 35.2. The van der Waals surface area contributed by atoms with Gasteiger partial charge in [-0.1, -0.05) is 61.3 Å². The Bertz CT molecular complexity index is 3740. The van der Waals surface area contributed by atoms with Crippen molar-refractivity contribution >= 4 is 76.0 Å². The number of amidine groups is 1. The first kappa shape index (κ1) is 70.0. The average Bonchev–Trinajstić information content (AvgIpc) is 1.63. The van der Waals surface area contributed by atoms with E-state index in [0.717, 1.165) is 81.9 Å². The predicted molar refractivity (Wildman–Crippen MR) is 374 cm³/mol. The third-order valence-electron chi connectivity index (χ3n) is 20.5. The largest absolute Gasteiger partial charge is 0.497 e. The van der Waals surface area contributed by atoms with E-state index in [2.05, 4.69) is 64.7 Å². The van der Waals surface area contributed by atoms with Crippen molar-refractivity contribution in [3.63, 3.8) is 0 Å². The fraction of sp³-hybridized carbons (Fsp3) is 0.528. The number of piperidine rings is 2. The first-order valence-electron chi connectivity index (χ1n) is 34.4. The number of benzene rings is 4. The van der Waals surface area contributed by atoms with E-state index in [1.165, 1.54) is 28.3 Å². The summed E-state index contributed by atoms with van der Waals surface area (Å²) in [5.41, 5.74) is 2.35. The second-order valence-corrected chi connectivity index (χ2v) is 29.5. The number of carbonyl (C=O) groups excluding carboxylic acids is 5. The highest BCUT2D eigenvalue weighted by molar-refractivity contribution is 6.30. The van der Waals surface area contributed by atoms with Crippen LogP contribution >= 0.6 is 23.2 Å². The van der Waals surface area contributed by atoms with Crippen LogP contribution in [0.2, 0.25) is 10.0 Å². The number of halogens is 4. The molecule has 4 aromatic carbocycles. The van der Waals surface area contributed by atoms with Gasteiger partial charge >= 0.3 is 6.03 Å². The molecule has 524 valence electrons. The number of rotatable bonds is 22. The summed E-state index contributed by atoms with van der Waals surface area (Å²) < 4.78 is 43.3. The SMILES string of the molecule is COc1ccc(C2=N[C@@H](c3ccc(Cl)cc3)[C@@H](c3ccc(Cl)cc3)N2C(=O)N2CCN(CC(=O)NCCN3CC[C@@]4(CCN(CC(=O)NCCCNc5cc(N6CCC7(CC6)CN(c6cc(F)c(CN8CCC(C)(C)CC8)cc6F)CC(=O)N7)ncn5)C4)C3)C(=O)C2)c(OC(C)C)c1. The molecular weight excluding hydrogens is 1300 g/mol. The van der Waals surface area contributed by atoms with Crippen molar-refractivity contribution in [3.8, 4) is 11.5 Å². The number of anilines is 3. The monoisotopic (exact) mass is 1390 g/mol. The van der Waals surface area contributed by atoms with Crippen LogP contribution in [0.15, 0.2) is 96.2 Å². The van der Waals surface area contributed by atoms with Gasteiger partial charge in [-0.15, -0.1) is 0 Å². The maximum atomic E-state index is 15.8. The number of carbonyl (C=O) groups is 5. The number of methoxy groups -OCH3 is 1. The van der Waals surface area contributed by atoms with Crippen LogP contribution in [0.3, 0.4) is 0 Å². The zero-order chi connectivity index (χ0) is 68.9. The van der Waals surface area contributed by atoms with Crippen LogP contribution < -0.4 is 40.5 Å². The Labute approximate surface area is 582 Å². The first-order chi connectivity index (χ1) is 47.1. The minimum atomic E-state index is -0.657. The number of nitrogens with one attached hydrogen (secondary N) is 4. The molecule has 26 heteroatoms. The normalized spacial score (nSPS) is 22.1. The number of likely N-dealkylation sites (tertiary alicyclic amines) is 3. The molecule has 8 heterocycles. The van der Waals surface area contributed by atoms with Crippen LogP contribution in [-0.4, -0.2) is 218 Å². The Morgan fingerprint density at radius 2 is 1.39 bits per heavy atom. The molecule has 5 aromatic rings. The van der Waals surface area contributed by atoms with Gasteiger partial charge in [-0.3, -0.25) is 38.9 Å². The smallest absolute Gasteiger partial charge is 0.326 e. The van der Waals surface area contributed by atoms with Crippen LogP contribution in [0, 0.1) is 22.5 Å². The predicted octanol–water partition coefficient (Wildman–Crippen LogP) is 8.40. The topological polar surface area (TPSA) is 216 Å². The van der Waals surface area contributed by atoms with Gasteiger partial charge in [-0.05, 0) is 149 Å². The fourth-order valence-electron chi connectivity index (χ4n) is 15.0. The molecule has 7 aliphatic rings. The molecule has 0 unspecified atom stereocenters. The maximum absolute atomic E-state index is 15.8. The molecule has 3 atom stereocenters.